The quantitative estimate of drug-likeness (QED) is 0.653. The molecule has 1 aromatic carbocycles. The average Bonchev–Trinajstić information content (AvgIpc) is 3.32. The summed E-state index contributed by atoms with van der Waals surface area (Å²) in [6.07, 6.45) is 2.22. The first kappa shape index (κ1) is 13.8. The minimum Gasteiger partial charge on any atom is -0.326 e. The van der Waals surface area contributed by atoms with Crippen LogP contribution in [-0.2, 0) is 0 Å². The SMILES string of the molecule is CCN(c1cccc(F)c1)c1cc(NN)nc(C2CC2)n1. The number of hydrazine groups is 1. The predicted molar refractivity (Wildman–Crippen MR) is 80.9 cm³/mol. The van der Waals surface area contributed by atoms with E-state index in [9.17, 15) is 4.39 Å². The summed E-state index contributed by atoms with van der Waals surface area (Å²) in [6.45, 7) is 2.67. The first-order valence-electron chi connectivity index (χ1n) is 7.10. The third kappa shape index (κ3) is 2.95. The molecule has 1 aliphatic carbocycles. The highest BCUT2D eigenvalue weighted by molar-refractivity contribution is 5.62. The molecule has 0 saturated heterocycles. The van der Waals surface area contributed by atoms with Crippen LogP contribution >= 0.6 is 0 Å². The van der Waals surface area contributed by atoms with Crippen molar-refractivity contribution in [2.75, 3.05) is 16.9 Å². The second-order valence-corrected chi connectivity index (χ2v) is 5.11. The van der Waals surface area contributed by atoms with Crippen molar-refractivity contribution in [1.82, 2.24) is 9.97 Å². The summed E-state index contributed by atoms with van der Waals surface area (Å²) in [4.78, 5) is 11.0. The number of hydrogen-bond donors (Lipinski definition) is 2. The van der Waals surface area contributed by atoms with E-state index in [0.717, 1.165) is 30.2 Å². The van der Waals surface area contributed by atoms with Crippen LogP contribution in [0.3, 0.4) is 0 Å². The van der Waals surface area contributed by atoms with Gasteiger partial charge in [0, 0.05) is 24.2 Å². The van der Waals surface area contributed by atoms with Crippen LogP contribution in [0.5, 0.6) is 0 Å². The Morgan fingerprint density at radius 1 is 1.33 bits per heavy atom. The Hall–Kier alpha value is -2.21. The summed E-state index contributed by atoms with van der Waals surface area (Å²) < 4.78 is 13.5. The maximum absolute atomic E-state index is 13.5. The summed E-state index contributed by atoms with van der Waals surface area (Å²) in [6, 6.07) is 8.26. The lowest BCUT2D eigenvalue weighted by atomic mass is 10.2. The molecule has 110 valence electrons. The summed E-state index contributed by atoms with van der Waals surface area (Å²) in [5.74, 6) is 7.76. The molecule has 0 bridgehead atoms. The zero-order valence-electron chi connectivity index (χ0n) is 11.9. The minimum atomic E-state index is -0.264. The Morgan fingerprint density at radius 3 is 2.76 bits per heavy atom. The van der Waals surface area contributed by atoms with Crippen LogP contribution in [0, 0.1) is 5.82 Å². The standard InChI is InChI=1S/C15H18FN5/c1-2-21(12-5-3-4-11(16)8-12)14-9-13(20-17)18-15(19-14)10-6-7-10/h3-5,8-10H,2,6-7,17H2,1H3,(H,18,19,20). The molecule has 0 aliphatic heterocycles. The van der Waals surface area contributed by atoms with Gasteiger partial charge in [-0.2, -0.15) is 0 Å². The first-order valence-corrected chi connectivity index (χ1v) is 7.10. The Bertz CT molecular complexity index is 642. The van der Waals surface area contributed by atoms with Gasteiger partial charge in [-0.3, -0.25) is 0 Å². The van der Waals surface area contributed by atoms with Crippen molar-refractivity contribution in [2.24, 2.45) is 5.84 Å². The molecule has 1 fully saturated rings. The van der Waals surface area contributed by atoms with Gasteiger partial charge in [0.25, 0.3) is 0 Å². The summed E-state index contributed by atoms with van der Waals surface area (Å²) in [5, 5.41) is 0. The molecule has 0 atom stereocenters. The molecule has 0 amide bonds. The molecular weight excluding hydrogens is 269 g/mol. The molecule has 1 saturated carbocycles. The van der Waals surface area contributed by atoms with Crippen LogP contribution in [0.2, 0.25) is 0 Å². The Morgan fingerprint density at radius 2 is 2.14 bits per heavy atom. The highest BCUT2D eigenvalue weighted by atomic mass is 19.1. The molecule has 6 heteroatoms. The lowest BCUT2D eigenvalue weighted by Crippen LogP contribution is -2.20. The van der Waals surface area contributed by atoms with Crippen LogP contribution < -0.4 is 16.2 Å². The molecule has 1 aromatic heterocycles. The third-order valence-corrected chi connectivity index (χ3v) is 3.53. The van der Waals surface area contributed by atoms with E-state index >= 15 is 0 Å². The molecule has 21 heavy (non-hydrogen) atoms. The number of rotatable bonds is 5. The normalized spacial score (nSPS) is 14.0. The molecule has 0 radical (unpaired) electrons. The van der Waals surface area contributed by atoms with Gasteiger partial charge < -0.3 is 10.3 Å². The molecular formula is C15H18FN5. The number of benzene rings is 1. The summed E-state index contributed by atoms with van der Waals surface area (Å²) in [5.41, 5.74) is 3.35. The number of aromatic nitrogens is 2. The fraction of sp³-hybridized carbons (Fsp3) is 0.333. The van der Waals surface area contributed by atoms with Crippen LogP contribution in [0.1, 0.15) is 31.5 Å². The average molecular weight is 287 g/mol. The van der Waals surface area contributed by atoms with Crippen LogP contribution in [0.25, 0.3) is 0 Å². The Labute approximate surface area is 123 Å². The van der Waals surface area contributed by atoms with Gasteiger partial charge in [0.1, 0.15) is 23.3 Å². The van der Waals surface area contributed by atoms with E-state index in [2.05, 4.69) is 15.4 Å². The van der Waals surface area contributed by atoms with Gasteiger partial charge in [-0.25, -0.2) is 20.2 Å². The lowest BCUT2D eigenvalue weighted by molar-refractivity contribution is 0.627. The number of anilines is 3. The second kappa shape index (κ2) is 5.65. The van der Waals surface area contributed by atoms with Gasteiger partial charge in [-0.1, -0.05) is 6.07 Å². The maximum atomic E-state index is 13.5. The van der Waals surface area contributed by atoms with Crippen molar-refractivity contribution < 1.29 is 4.39 Å². The zero-order valence-corrected chi connectivity index (χ0v) is 11.9. The predicted octanol–water partition coefficient (Wildman–Crippen LogP) is 2.94. The maximum Gasteiger partial charge on any atom is 0.145 e. The van der Waals surface area contributed by atoms with Crippen LogP contribution in [0.15, 0.2) is 30.3 Å². The number of nitrogens with one attached hydrogen (secondary N) is 1. The number of nitrogens with zero attached hydrogens (tertiary/aromatic N) is 3. The third-order valence-electron chi connectivity index (χ3n) is 3.53. The number of hydrogen-bond acceptors (Lipinski definition) is 5. The van der Waals surface area contributed by atoms with Crippen LogP contribution in [0.4, 0.5) is 21.7 Å². The van der Waals surface area contributed by atoms with Crippen molar-refractivity contribution in [2.45, 2.75) is 25.7 Å². The molecule has 0 unspecified atom stereocenters. The Balaban J connectivity index is 2.01. The van der Waals surface area contributed by atoms with E-state index in [1.54, 1.807) is 12.1 Å². The van der Waals surface area contributed by atoms with Crippen LogP contribution in [-0.4, -0.2) is 16.5 Å². The second-order valence-electron chi connectivity index (χ2n) is 5.11. The van der Waals surface area contributed by atoms with E-state index in [0.29, 0.717) is 18.3 Å². The molecule has 3 rings (SSSR count). The van der Waals surface area contributed by atoms with Gasteiger partial charge in [0.2, 0.25) is 0 Å². The summed E-state index contributed by atoms with van der Waals surface area (Å²) >= 11 is 0. The van der Waals surface area contributed by atoms with E-state index in [4.69, 9.17) is 5.84 Å². The van der Waals surface area contributed by atoms with Gasteiger partial charge in [0.15, 0.2) is 0 Å². The highest BCUT2D eigenvalue weighted by Crippen LogP contribution is 2.39. The smallest absolute Gasteiger partial charge is 0.145 e. The lowest BCUT2D eigenvalue weighted by Gasteiger charge is -2.23. The number of halogens is 1. The molecule has 3 N–H and O–H groups in total. The largest absolute Gasteiger partial charge is 0.326 e. The highest BCUT2D eigenvalue weighted by Gasteiger charge is 2.28. The van der Waals surface area contributed by atoms with Gasteiger partial charge in [-0.05, 0) is 38.0 Å². The molecule has 1 heterocycles. The van der Waals surface area contributed by atoms with E-state index in [1.165, 1.54) is 12.1 Å². The number of nitrogens with two attached hydrogens (primary N) is 1. The van der Waals surface area contributed by atoms with E-state index < -0.39 is 0 Å². The molecule has 1 aliphatic rings. The van der Waals surface area contributed by atoms with E-state index in [-0.39, 0.29) is 5.82 Å². The monoisotopic (exact) mass is 287 g/mol. The van der Waals surface area contributed by atoms with Gasteiger partial charge in [-0.15, -0.1) is 0 Å². The van der Waals surface area contributed by atoms with Gasteiger partial charge >= 0.3 is 0 Å². The topological polar surface area (TPSA) is 67.1 Å². The van der Waals surface area contributed by atoms with E-state index in [1.807, 2.05) is 17.9 Å². The zero-order chi connectivity index (χ0) is 14.8. The summed E-state index contributed by atoms with van der Waals surface area (Å²) in [7, 11) is 0. The van der Waals surface area contributed by atoms with Crippen molar-refractivity contribution in [3.63, 3.8) is 0 Å². The van der Waals surface area contributed by atoms with Crippen molar-refractivity contribution >= 4 is 17.3 Å². The molecule has 2 aromatic rings. The molecule has 5 nitrogen and oxygen atoms in total. The Kier molecular flexibility index (Phi) is 3.70. The van der Waals surface area contributed by atoms with Crippen molar-refractivity contribution in [1.29, 1.82) is 0 Å². The molecule has 0 spiro atoms. The fourth-order valence-electron chi connectivity index (χ4n) is 2.31. The fourth-order valence-corrected chi connectivity index (χ4v) is 2.31. The van der Waals surface area contributed by atoms with Crippen molar-refractivity contribution in [3.05, 3.63) is 42.0 Å². The number of nitrogen functional groups attached to an aromatic ring is 1. The van der Waals surface area contributed by atoms with Gasteiger partial charge in [0.05, 0.1) is 0 Å². The first-order chi connectivity index (χ1) is 10.2. The minimum absolute atomic E-state index is 0.264. The van der Waals surface area contributed by atoms with Crippen molar-refractivity contribution in [3.8, 4) is 0 Å².